The highest BCUT2D eigenvalue weighted by molar-refractivity contribution is 5.58. The second kappa shape index (κ2) is 6.36. The van der Waals surface area contributed by atoms with Crippen LogP contribution in [0, 0.1) is 5.41 Å². The lowest BCUT2D eigenvalue weighted by Gasteiger charge is -2.30. The molecule has 0 radical (unpaired) electrons. The SMILES string of the molecule is CCCC(C)(C=O)CN(C)CC1CCCO1. The van der Waals surface area contributed by atoms with E-state index in [0.29, 0.717) is 6.10 Å². The normalized spacial score (nSPS) is 24.6. The Labute approximate surface area is 99.1 Å². The highest BCUT2D eigenvalue weighted by Crippen LogP contribution is 2.22. The summed E-state index contributed by atoms with van der Waals surface area (Å²) in [6, 6.07) is 0. The van der Waals surface area contributed by atoms with Gasteiger partial charge >= 0.3 is 0 Å². The molecule has 2 atom stereocenters. The third-order valence-corrected chi connectivity index (χ3v) is 3.28. The van der Waals surface area contributed by atoms with E-state index in [1.807, 2.05) is 0 Å². The first kappa shape index (κ1) is 13.7. The first-order chi connectivity index (χ1) is 7.59. The first-order valence-corrected chi connectivity index (χ1v) is 6.36. The van der Waals surface area contributed by atoms with Crippen molar-refractivity contribution >= 4 is 6.29 Å². The zero-order valence-corrected chi connectivity index (χ0v) is 10.9. The van der Waals surface area contributed by atoms with Crippen molar-refractivity contribution < 1.29 is 9.53 Å². The van der Waals surface area contributed by atoms with Gasteiger partial charge in [0.2, 0.25) is 0 Å². The summed E-state index contributed by atoms with van der Waals surface area (Å²) in [6.07, 6.45) is 5.86. The maximum Gasteiger partial charge on any atom is 0.127 e. The van der Waals surface area contributed by atoms with Crippen molar-refractivity contribution in [2.45, 2.75) is 45.6 Å². The predicted molar refractivity (Wildman–Crippen MR) is 65.6 cm³/mol. The molecule has 0 saturated carbocycles. The Bertz CT molecular complexity index is 214. The number of hydrogen-bond donors (Lipinski definition) is 0. The van der Waals surface area contributed by atoms with Crippen molar-refractivity contribution in [3.63, 3.8) is 0 Å². The quantitative estimate of drug-likeness (QED) is 0.624. The van der Waals surface area contributed by atoms with Crippen molar-refractivity contribution in [1.82, 2.24) is 4.90 Å². The largest absolute Gasteiger partial charge is 0.377 e. The van der Waals surface area contributed by atoms with E-state index in [4.69, 9.17) is 4.74 Å². The van der Waals surface area contributed by atoms with Crippen LogP contribution in [0.15, 0.2) is 0 Å². The summed E-state index contributed by atoms with van der Waals surface area (Å²) in [6.45, 7) is 6.87. The molecule has 1 fully saturated rings. The monoisotopic (exact) mass is 227 g/mol. The lowest BCUT2D eigenvalue weighted by Crippen LogP contribution is -2.38. The Morgan fingerprint density at radius 3 is 2.81 bits per heavy atom. The topological polar surface area (TPSA) is 29.5 Å². The molecular formula is C13H25NO2. The van der Waals surface area contributed by atoms with Gasteiger partial charge in [-0.05, 0) is 26.3 Å². The van der Waals surface area contributed by atoms with Gasteiger partial charge < -0.3 is 14.4 Å². The Morgan fingerprint density at radius 1 is 1.56 bits per heavy atom. The van der Waals surface area contributed by atoms with Crippen LogP contribution in [0.3, 0.4) is 0 Å². The van der Waals surface area contributed by atoms with Crippen LogP contribution in [0.2, 0.25) is 0 Å². The van der Waals surface area contributed by atoms with Gasteiger partial charge in [-0.2, -0.15) is 0 Å². The molecule has 0 spiro atoms. The number of hydrogen-bond acceptors (Lipinski definition) is 3. The molecule has 3 heteroatoms. The van der Waals surface area contributed by atoms with E-state index in [1.165, 1.54) is 6.42 Å². The third-order valence-electron chi connectivity index (χ3n) is 3.28. The van der Waals surface area contributed by atoms with E-state index in [0.717, 1.165) is 45.2 Å². The molecule has 2 unspecified atom stereocenters. The standard InChI is InChI=1S/C13H25NO2/c1-4-7-13(2,11-15)10-14(3)9-12-6-5-8-16-12/h11-12H,4-10H2,1-3H3. The summed E-state index contributed by atoms with van der Waals surface area (Å²) in [5.74, 6) is 0. The van der Waals surface area contributed by atoms with Gasteiger partial charge in [-0.15, -0.1) is 0 Å². The van der Waals surface area contributed by atoms with Crippen molar-refractivity contribution in [1.29, 1.82) is 0 Å². The molecule has 1 heterocycles. The van der Waals surface area contributed by atoms with Crippen molar-refractivity contribution in [3.05, 3.63) is 0 Å². The van der Waals surface area contributed by atoms with Crippen LogP contribution in [0.1, 0.15) is 39.5 Å². The molecule has 1 rings (SSSR count). The van der Waals surface area contributed by atoms with Gasteiger partial charge in [0.05, 0.1) is 6.10 Å². The molecule has 94 valence electrons. The minimum atomic E-state index is -0.192. The third kappa shape index (κ3) is 4.22. The summed E-state index contributed by atoms with van der Waals surface area (Å²) < 4.78 is 5.60. The van der Waals surface area contributed by atoms with E-state index in [9.17, 15) is 4.79 Å². The fourth-order valence-electron chi connectivity index (χ4n) is 2.56. The molecule has 0 N–H and O–H groups in total. The molecule has 0 amide bonds. The number of ether oxygens (including phenoxy) is 1. The summed E-state index contributed by atoms with van der Waals surface area (Å²) in [4.78, 5) is 13.4. The molecule has 1 saturated heterocycles. The Kier molecular flexibility index (Phi) is 5.42. The van der Waals surface area contributed by atoms with Crippen molar-refractivity contribution in [2.24, 2.45) is 5.41 Å². The molecule has 0 aromatic heterocycles. The number of rotatable bonds is 7. The fraction of sp³-hybridized carbons (Fsp3) is 0.923. The van der Waals surface area contributed by atoms with Gasteiger partial charge in [-0.1, -0.05) is 20.3 Å². The van der Waals surface area contributed by atoms with Crippen LogP contribution < -0.4 is 0 Å². The Hall–Kier alpha value is -0.410. The number of likely N-dealkylation sites (N-methyl/N-ethyl adjacent to an activating group) is 1. The maximum atomic E-state index is 11.1. The Balaban J connectivity index is 2.35. The molecule has 0 aliphatic carbocycles. The molecule has 1 aliphatic rings. The molecule has 1 aliphatic heterocycles. The number of carbonyl (C=O) groups is 1. The minimum absolute atomic E-state index is 0.192. The zero-order valence-electron chi connectivity index (χ0n) is 10.9. The van der Waals surface area contributed by atoms with Crippen LogP contribution in [0.5, 0.6) is 0 Å². The second-order valence-corrected chi connectivity index (χ2v) is 5.35. The van der Waals surface area contributed by atoms with Gasteiger partial charge in [0.15, 0.2) is 0 Å². The number of aldehydes is 1. The fourth-order valence-corrected chi connectivity index (χ4v) is 2.56. The first-order valence-electron chi connectivity index (χ1n) is 6.36. The lowest BCUT2D eigenvalue weighted by atomic mass is 9.87. The summed E-state index contributed by atoms with van der Waals surface area (Å²) in [7, 11) is 2.08. The summed E-state index contributed by atoms with van der Waals surface area (Å²) >= 11 is 0. The van der Waals surface area contributed by atoms with E-state index >= 15 is 0 Å². The molecule has 16 heavy (non-hydrogen) atoms. The van der Waals surface area contributed by atoms with Gasteiger partial charge in [-0.25, -0.2) is 0 Å². The molecular weight excluding hydrogens is 202 g/mol. The van der Waals surface area contributed by atoms with E-state index < -0.39 is 0 Å². The smallest absolute Gasteiger partial charge is 0.127 e. The molecule has 0 bridgehead atoms. The predicted octanol–water partition coefficient (Wildman–Crippen LogP) is 2.10. The zero-order chi connectivity index (χ0) is 12.0. The van der Waals surface area contributed by atoms with Crippen LogP contribution >= 0.6 is 0 Å². The van der Waals surface area contributed by atoms with E-state index in [2.05, 4.69) is 25.8 Å². The average molecular weight is 227 g/mol. The summed E-state index contributed by atoms with van der Waals surface area (Å²) in [5.41, 5.74) is -0.192. The van der Waals surface area contributed by atoms with Crippen LogP contribution in [0.25, 0.3) is 0 Å². The van der Waals surface area contributed by atoms with Crippen LogP contribution in [-0.4, -0.2) is 44.0 Å². The van der Waals surface area contributed by atoms with Gasteiger partial charge in [0.1, 0.15) is 6.29 Å². The second-order valence-electron chi connectivity index (χ2n) is 5.35. The number of nitrogens with zero attached hydrogens (tertiary/aromatic N) is 1. The van der Waals surface area contributed by atoms with Gasteiger partial charge in [0, 0.05) is 25.1 Å². The highest BCUT2D eigenvalue weighted by Gasteiger charge is 2.26. The Morgan fingerprint density at radius 2 is 2.31 bits per heavy atom. The average Bonchev–Trinajstić information content (AvgIpc) is 2.70. The van der Waals surface area contributed by atoms with Gasteiger partial charge in [0.25, 0.3) is 0 Å². The van der Waals surface area contributed by atoms with Gasteiger partial charge in [-0.3, -0.25) is 0 Å². The van der Waals surface area contributed by atoms with E-state index in [1.54, 1.807) is 0 Å². The summed E-state index contributed by atoms with van der Waals surface area (Å²) in [5, 5.41) is 0. The van der Waals surface area contributed by atoms with Crippen LogP contribution in [0.4, 0.5) is 0 Å². The van der Waals surface area contributed by atoms with Crippen molar-refractivity contribution in [3.8, 4) is 0 Å². The highest BCUT2D eigenvalue weighted by atomic mass is 16.5. The lowest BCUT2D eigenvalue weighted by molar-refractivity contribution is -0.116. The van der Waals surface area contributed by atoms with Crippen LogP contribution in [-0.2, 0) is 9.53 Å². The minimum Gasteiger partial charge on any atom is -0.377 e. The maximum absolute atomic E-state index is 11.1. The molecule has 3 nitrogen and oxygen atoms in total. The van der Waals surface area contributed by atoms with E-state index in [-0.39, 0.29) is 5.41 Å². The molecule has 0 aromatic carbocycles. The number of carbonyl (C=O) groups excluding carboxylic acids is 1. The van der Waals surface area contributed by atoms with Crippen molar-refractivity contribution in [2.75, 3.05) is 26.7 Å². The molecule has 0 aromatic rings.